The molecule has 1 unspecified atom stereocenters. The first kappa shape index (κ1) is 20.5. The second kappa shape index (κ2) is 10.4. The number of guanidine groups is 1. The molecule has 1 aromatic rings. The standard InChI is InChI=1S/C19H29N5O3/c1-4-20-18(22-11-12-24-17(25)13-23-19(24)26)21-10-9-14(2)15-5-7-16(27-3)8-6-15/h5-8,14H,4,9-13H2,1-3H3,(H,23,26)(H2,20,21,22). The maximum Gasteiger partial charge on any atom is 0.324 e. The molecule has 1 aromatic carbocycles. The first-order valence-corrected chi connectivity index (χ1v) is 9.29. The third kappa shape index (κ3) is 6.16. The van der Waals surface area contributed by atoms with Crippen LogP contribution in [0.4, 0.5) is 4.79 Å². The number of nitrogens with zero attached hydrogens (tertiary/aromatic N) is 2. The summed E-state index contributed by atoms with van der Waals surface area (Å²) in [6.07, 6.45) is 0.913. The van der Waals surface area contributed by atoms with Gasteiger partial charge >= 0.3 is 6.03 Å². The Morgan fingerprint density at radius 1 is 1.30 bits per heavy atom. The molecule has 8 heteroatoms. The maximum atomic E-state index is 11.6. The number of benzene rings is 1. The highest BCUT2D eigenvalue weighted by molar-refractivity contribution is 6.01. The summed E-state index contributed by atoms with van der Waals surface area (Å²) in [5, 5.41) is 8.85. The largest absolute Gasteiger partial charge is 0.497 e. The Kier molecular flexibility index (Phi) is 7.91. The van der Waals surface area contributed by atoms with Gasteiger partial charge in [0, 0.05) is 26.2 Å². The molecular formula is C19H29N5O3. The Morgan fingerprint density at radius 3 is 2.63 bits per heavy atom. The highest BCUT2D eigenvalue weighted by Gasteiger charge is 2.27. The minimum atomic E-state index is -0.336. The highest BCUT2D eigenvalue weighted by Crippen LogP contribution is 2.21. The zero-order chi connectivity index (χ0) is 19.6. The second-order valence-corrected chi connectivity index (χ2v) is 6.35. The number of ether oxygens (including phenoxy) is 1. The molecule has 0 bridgehead atoms. The van der Waals surface area contributed by atoms with Crippen LogP contribution in [0.1, 0.15) is 31.7 Å². The molecule has 148 valence electrons. The number of urea groups is 1. The SMILES string of the molecule is CCNC(=NCCC(C)c1ccc(OC)cc1)NCCN1C(=O)CNC1=O. The van der Waals surface area contributed by atoms with Crippen molar-refractivity contribution >= 4 is 17.9 Å². The van der Waals surface area contributed by atoms with Crippen molar-refractivity contribution in [2.75, 3.05) is 39.8 Å². The molecule has 1 fully saturated rings. The predicted octanol–water partition coefficient (Wildman–Crippen LogP) is 1.30. The number of nitrogens with one attached hydrogen (secondary N) is 3. The van der Waals surface area contributed by atoms with E-state index in [9.17, 15) is 9.59 Å². The van der Waals surface area contributed by atoms with Gasteiger partial charge < -0.3 is 20.7 Å². The maximum absolute atomic E-state index is 11.6. The average Bonchev–Trinajstić information content (AvgIpc) is 3.00. The number of methoxy groups -OCH3 is 1. The minimum Gasteiger partial charge on any atom is -0.497 e. The minimum absolute atomic E-state index is 0.0796. The number of carbonyl (C=O) groups excluding carboxylic acids is 2. The van der Waals surface area contributed by atoms with Gasteiger partial charge in [-0.25, -0.2) is 4.79 Å². The Morgan fingerprint density at radius 2 is 2.04 bits per heavy atom. The Hall–Kier alpha value is -2.77. The summed E-state index contributed by atoms with van der Waals surface area (Å²) in [5.41, 5.74) is 1.25. The average molecular weight is 375 g/mol. The molecular weight excluding hydrogens is 346 g/mol. The van der Waals surface area contributed by atoms with Crippen molar-refractivity contribution < 1.29 is 14.3 Å². The molecule has 0 aromatic heterocycles. The molecule has 0 radical (unpaired) electrons. The smallest absolute Gasteiger partial charge is 0.324 e. The molecule has 0 saturated carbocycles. The molecule has 3 amide bonds. The van der Waals surface area contributed by atoms with Crippen molar-refractivity contribution in [3.05, 3.63) is 29.8 Å². The van der Waals surface area contributed by atoms with Gasteiger partial charge in [-0.05, 0) is 37.0 Å². The molecule has 8 nitrogen and oxygen atoms in total. The number of hydrogen-bond acceptors (Lipinski definition) is 4. The van der Waals surface area contributed by atoms with Crippen LogP contribution in [0.2, 0.25) is 0 Å². The van der Waals surface area contributed by atoms with E-state index >= 15 is 0 Å². The summed E-state index contributed by atoms with van der Waals surface area (Å²) in [6.45, 7) is 6.44. The van der Waals surface area contributed by atoms with Gasteiger partial charge in [0.2, 0.25) is 5.91 Å². The lowest BCUT2D eigenvalue weighted by atomic mass is 9.98. The van der Waals surface area contributed by atoms with Gasteiger partial charge in [-0.15, -0.1) is 0 Å². The van der Waals surface area contributed by atoms with Gasteiger partial charge in [0.1, 0.15) is 5.75 Å². The second-order valence-electron chi connectivity index (χ2n) is 6.35. The van der Waals surface area contributed by atoms with Crippen LogP contribution < -0.4 is 20.7 Å². The first-order chi connectivity index (χ1) is 13.0. The normalized spacial score (nSPS) is 15.5. The summed E-state index contributed by atoms with van der Waals surface area (Å²) in [7, 11) is 1.66. The van der Waals surface area contributed by atoms with E-state index in [2.05, 4.69) is 40.0 Å². The fourth-order valence-corrected chi connectivity index (χ4v) is 2.78. The van der Waals surface area contributed by atoms with Crippen LogP contribution in [0.3, 0.4) is 0 Å². The van der Waals surface area contributed by atoms with E-state index in [0.717, 1.165) is 18.7 Å². The summed E-state index contributed by atoms with van der Waals surface area (Å²) >= 11 is 0. The fraction of sp³-hybridized carbons (Fsp3) is 0.526. The highest BCUT2D eigenvalue weighted by atomic mass is 16.5. The summed E-state index contributed by atoms with van der Waals surface area (Å²) < 4.78 is 5.19. The molecule has 1 aliphatic heterocycles. The van der Waals surface area contributed by atoms with Crippen molar-refractivity contribution in [1.29, 1.82) is 0 Å². The van der Waals surface area contributed by atoms with Gasteiger partial charge in [0.05, 0.1) is 13.7 Å². The van der Waals surface area contributed by atoms with Crippen LogP contribution in [0.5, 0.6) is 5.75 Å². The lowest BCUT2D eigenvalue weighted by Crippen LogP contribution is -2.43. The molecule has 1 atom stereocenters. The number of amides is 3. The number of carbonyl (C=O) groups is 2. The topological polar surface area (TPSA) is 95.1 Å². The summed E-state index contributed by atoms with van der Waals surface area (Å²) in [6, 6.07) is 7.76. The Bertz CT molecular complexity index is 644. The van der Waals surface area contributed by atoms with E-state index in [-0.39, 0.29) is 18.5 Å². The van der Waals surface area contributed by atoms with E-state index < -0.39 is 0 Å². The third-order valence-corrected chi connectivity index (χ3v) is 4.43. The first-order valence-electron chi connectivity index (χ1n) is 9.29. The molecule has 0 aliphatic carbocycles. The lowest BCUT2D eigenvalue weighted by Gasteiger charge is -2.16. The van der Waals surface area contributed by atoms with Crippen LogP contribution in [0.25, 0.3) is 0 Å². The number of aliphatic imine (C=N–C) groups is 1. The molecule has 1 heterocycles. The number of hydrogen-bond donors (Lipinski definition) is 3. The van der Waals surface area contributed by atoms with E-state index in [0.29, 0.717) is 31.5 Å². The Balaban J connectivity index is 1.79. The fourth-order valence-electron chi connectivity index (χ4n) is 2.78. The van der Waals surface area contributed by atoms with Crippen LogP contribution >= 0.6 is 0 Å². The van der Waals surface area contributed by atoms with Crippen LogP contribution in [-0.2, 0) is 4.79 Å². The third-order valence-electron chi connectivity index (χ3n) is 4.43. The van der Waals surface area contributed by atoms with Crippen molar-refractivity contribution in [1.82, 2.24) is 20.9 Å². The lowest BCUT2D eigenvalue weighted by molar-refractivity contribution is -0.124. The quantitative estimate of drug-likeness (QED) is 0.343. The van der Waals surface area contributed by atoms with E-state index in [1.54, 1.807) is 7.11 Å². The van der Waals surface area contributed by atoms with Gasteiger partial charge in [-0.2, -0.15) is 0 Å². The van der Waals surface area contributed by atoms with Crippen molar-refractivity contribution in [3.8, 4) is 5.75 Å². The molecule has 2 rings (SSSR count). The molecule has 27 heavy (non-hydrogen) atoms. The van der Waals surface area contributed by atoms with Gasteiger partial charge in [-0.1, -0.05) is 19.1 Å². The predicted molar refractivity (Wildman–Crippen MR) is 105 cm³/mol. The van der Waals surface area contributed by atoms with E-state index in [1.807, 2.05) is 19.1 Å². The zero-order valence-electron chi connectivity index (χ0n) is 16.2. The number of rotatable bonds is 9. The van der Waals surface area contributed by atoms with Crippen molar-refractivity contribution in [2.45, 2.75) is 26.2 Å². The van der Waals surface area contributed by atoms with Gasteiger partial charge in [0.25, 0.3) is 0 Å². The molecule has 1 saturated heterocycles. The van der Waals surface area contributed by atoms with Crippen LogP contribution in [-0.4, -0.2) is 62.6 Å². The summed E-state index contributed by atoms with van der Waals surface area (Å²) in [4.78, 5) is 28.9. The zero-order valence-corrected chi connectivity index (χ0v) is 16.2. The monoisotopic (exact) mass is 375 g/mol. The van der Waals surface area contributed by atoms with Crippen molar-refractivity contribution in [3.63, 3.8) is 0 Å². The van der Waals surface area contributed by atoms with E-state index in [1.165, 1.54) is 10.5 Å². The molecule has 3 N–H and O–H groups in total. The van der Waals surface area contributed by atoms with E-state index in [4.69, 9.17) is 4.74 Å². The van der Waals surface area contributed by atoms with Gasteiger partial charge in [0.15, 0.2) is 5.96 Å². The van der Waals surface area contributed by atoms with Crippen LogP contribution in [0.15, 0.2) is 29.3 Å². The molecule has 0 spiro atoms. The van der Waals surface area contributed by atoms with Gasteiger partial charge in [-0.3, -0.25) is 14.7 Å². The molecule has 1 aliphatic rings. The Labute approximate surface area is 160 Å². The summed E-state index contributed by atoms with van der Waals surface area (Å²) in [5.74, 6) is 1.73. The van der Waals surface area contributed by atoms with Crippen molar-refractivity contribution in [2.24, 2.45) is 4.99 Å². The van der Waals surface area contributed by atoms with Crippen LogP contribution in [0, 0.1) is 0 Å². The number of imide groups is 1.